The van der Waals surface area contributed by atoms with Crippen LogP contribution in [0.2, 0.25) is 0 Å². The quantitative estimate of drug-likeness (QED) is 0.775. The first kappa shape index (κ1) is 9.42. The average molecular weight is 225 g/mol. The molecular formula is C8H7N3OS2. The molecule has 0 spiro atoms. The van der Waals surface area contributed by atoms with E-state index in [2.05, 4.69) is 14.6 Å². The van der Waals surface area contributed by atoms with E-state index in [9.17, 15) is 4.21 Å². The Morgan fingerprint density at radius 3 is 2.86 bits per heavy atom. The van der Waals surface area contributed by atoms with Gasteiger partial charge in [0.1, 0.15) is 20.0 Å². The van der Waals surface area contributed by atoms with Gasteiger partial charge in [-0.15, -0.1) is 5.10 Å². The zero-order valence-electron chi connectivity index (χ0n) is 7.38. The molecule has 0 radical (unpaired) electrons. The van der Waals surface area contributed by atoms with Crippen LogP contribution in [0.5, 0.6) is 0 Å². The molecule has 1 unspecified atom stereocenters. The van der Waals surface area contributed by atoms with Gasteiger partial charge in [0.25, 0.3) is 0 Å². The van der Waals surface area contributed by atoms with Gasteiger partial charge in [-0.3, -0.25) is 0 Å². The van der Waals surface area contributed by atoms with E-state index in [-0.39, 0.29) is 0 Å². The Morgan fingerprint density at radius 1 is 1.43 bits per heavy atom. The number of hydrogen-bond donors (Lipinski definition) is 0. The molecule has 0 aromatic carbocycles. The number of aromatic nitrogens is 3. The topological polar surface area (TPSA) is 55.7 Å². The van der Waals surface area contributed by atoms with E-state index in [1.807, 2.05) is 6.07 Å². The molecule has 1 atom stereocenters. The Kier molecular flexibility index (Phi) is 2.64. The van der Waals surface area contributed by atoms with Crippen molar-refractivity contribution in [3.05, 3.63) is 30.1 Å². The van der Waals surface area contributed by atoms with Crippen LogP contribution in [0, 0.1) is 6.92 Å². The minimum Gasteiger partial charge on any atom is -0.247 e. The van der Waals surface area contributed by atoms with Crippen LogP contribution >= 0.6 is 11.5 Å². The van der Waals surface area contributed by atoms with Gasteiger partial charge in [0.15, 0.2) is 0 Å². The highest BCUT2D eigenvalue weighted by Gasteiger charge is 2.14. The van der Waals surface area contributed by atoms with Gasteiger partial charge in [0, 0.05) is 6.20 Å². The Bertz CT molecular complexity index is 455. The minimum atomic E-state index is -1.24. The zero-order chi connectivity index (χ0) is 9.97. The fourth-order valence-electron chi connectivity index (χ4n) is 0.945. The van der Waals surface area contributed by atoms with E-state index in [1.165, 1.54) is 0 Å². The minimum absolute atomic E-state index is 0.543. The highest BCUT2D eigenvalue weighted by molar-refractivity contribution is 7.87. The monoisotopic (exact) mass is 225 g/mol. The molecule has 0 N–H and O–H groups in total. The third kappa shape index (κ3) is 1.71. The normalized spacial score (nSPS) is 12.6. The van der Waals surface area contributed by atoms with Gasteiger partial charge in [-0.1, -0.05) is 10.6 Å². The molecule has 2 rings (SSSR count). The summed E-state index contributed by atoms with van der Waals surface area (Å²) in [7, 11) is -1.24. The van der Waals surface area contributed by atoms with Crippen molar-refractivity contribution in [2.45, 2.75) is 16.2 Å². The molecule has 0 saturated carbocycles. The second-order valence-electron chi connectivity index (χ2n) is 2.58. The molecule has 0 aliphatic heterocycles. The molecule has 0 aliphatic rings. The molecule has 2 aromatic rings. The number of pyridine rings is 1. The third-order valence-electron chi connectivity index (χ3n) is 1.61. The number of hydrogen-bond acceptors (Lipinski definition) is 5. The lowest BCUT2D eigenvalue weighted by molar-refractivity contribution is 0.681. The molecule has 0 saturated heterocycles. The first-order valence-corrected chi connectivity index (χ1v) is 5.83. The highest BCUT2D eigenvalue weighted by Crippen LogP contribution is 2.19. The van der Waals surface area contributed by atoms with E-state index >= 15 is 0 Å². The average Bonchev–Trinajstić information content (AvgIpc) is 2.65. The summed E-state index contributed by atoms with van der Waals surface area (Å²) in [6.45, 7) is 1.79. The van der Waals surface area contributed by atoms with Crippen LogP contribution in [-0.4, -0.2) is 18.8 Å². The Hall–Kier alpha value is -1.14. The maximum absolute atomic E-state index is 11.9. The highest BCUT2D eigenvalue weighted by atomic mass is 32.2. The van der Waals surface area contributed by atoms with E-state index < -0.39 is 10.8 Å². The number of rotatable bonds is 2. The number of nitrogens with zero attached hydrogens (tertiary/aromatic N) is 3. The van der Waals surface area contributed by atoms with Crippen molar-refractivity contribution in [1.82, 2.24) is 14.6 Å². The van der Waals surface area contributed by atoms with Crippen LogP contribution in [0.4, 0.5) is 0 Å². The van der Waals surface area contributed by atoms with Crippen molar-refractivity contribution in [2.75, 3.05) is 0 Å². The lowest BCUT2D eigenvalue weighted by Gasteiger charge is -1.96. The van der Waals surface area contributed by atoms with Gasteiger partial charge >= 0.3 is 0 Å². The summed E-state index contributed by atoms with van der Waals surface area (Å²) in [5, 5.41) is 4.35. The molecule has 0 bridgehead atoms. The molecule has 0 amide bonds. The lowest BCUT2D eigenvalue weighted by Crippen LogP contribution is -1.94. The lowest BCUT2D eigenvalue weighted by atomic mass is 10.5. The second kappa shape index (κ2) is 3.93. The van der Waals surface area contributed by atoms with Crippen molar-refractivity contribution >= 4 is 22.3 Å². The van der Waals surface area contributed by atoms with Gasteiger partial charge in [0.05, 0.1) is 5.69 Å². The Labute approximate surface area is 87.6 Å². The van der Waals surface area contributed by atoms with E-state index in [1.54, 1.807) is 25.3 Å². The molecule has 0 aliphatic carbocycles. The van der Waals surface area contributed by atoms with Gasteiger partial charge in [-0.25, -0.2) is 9.19 Å². The molecule has 6 heteroatoms. The van der Waals surface area contributed by atoms with Crippen molar-refractivity contribution < 1.29 is 4.21 Å². The van der Waals surface area contributed by atoms with Crippen LogP contribution in [0.3, 0.4) is 0 Å². The molecular weight excluding hydrogens is 218 g/mol. The van der Waals surface area contributed by atoms with Crippen LogP contribution in [-0.2, 0) is 10.8 Å². The first-order chi connectivity index (χ1) is 6.79. The summed E-state index contributed by atoms with van der Waals surface area (Å²) in [5.41, 5.74) is 0.707. The summed E-state index contributed by atoms with van der Waals surface area (Å²) in [5.74, 6) is 0. The molecule has 2 heterocycles. The zero-order valence-corrected chi connectivity index (χ0v) is 9.01. The maximum atomic E-state index is 11.9. The summed E-state index contributed by atoms with van der Waals surface area (Å²) >= 11 is 1.15. The molecule has 72 valence electrons. The Morgan fingerprint density at radius 2 is 2.29 bits per heavy atom. The standard InChI is InChI=1S/C8H7N3OS2/c1-6-8(13-11-10-6)14(12)7-4-2-3-5-9-7/h2-5H,1H3. The summed E-state index contributed by atoms with van der Waals surface area (Å²) in [4.78, 5) is 4.03. The van der Waals surface area contributed by atoms with Crippen molar-refractivity contribution in [3.63, 3.8) is 0 Å². The third-order valence-corrected chi connectivity index (χ3v) is 4.16. The number of aryl methyl sites for hydroxylation is 1. The molecule has 4 nitrogen and oxygen atoms in total. The fourth-order valence-corrected chi connectivity index (χ4v) is 2.84. The summed E-state index contributed by atoms with van der Waals surface area (Å²) in [6, 6.07) is 5.33. The predicted octanol–water partition coefficient (Wildman–Crippen LogP) is 1.41. The summed E-state index contributed by atoms with van der Waals surface area (Å²) in [6.07, 6.45) is 1.62. The second-order valence-corrected chi connectivity index (χ2v) is 4.96. The van der Waals surface area contributed by atoms with Crippen molar-refractivity contribution in [3.8, 4) is 0 Å². The van der Waals surface area contributed by atoms with Gasteiger partial charge in [0.2, 0.25) is 0 Å². The van der Waals surface area contributed by atoms with E-state index in [0.717, 1.165) is 11.5 Å². The van der Waals surface area contributed by atoms with E-state index in [0.29, 0.717) is 14.9 Å². The SMILES string of the molecule is Cc1nnsc1S(=O)c1ccccn1. The fraction of sp³-hybridized carbons (Fsp3) is 0.125. The van der Waals surface area contributed by atoms with Crippen LogP contribution in [0.15, 0.2) is 33.6 Å². The van der Waals surface area contributed by atoms with Crippen LogP contribution in [0.25, 0.3) is 0 Å². The van der Waals surface area contributed by atoms with Gasteiger partial charge < -0.3 is 0 Å². The van der Waals surface area contributed by atoms with Gasteiger partial charge in [-0.2, -0.15) is 0 Å². The maximum Gasteiger partial charge on any atom is 0.141 e. The van der Waals surface area contributed by atoms with Crippen LogP contribution in [0.1, 0.15) is 5.69 Å². The van der Waals surface area contributed by atoms with Gasteiger partial charge in [-0.05, 0) is 30.6 Å². The largest absolute Gasteiger partial charge is 0.247 e. The summed E-state index contributed by atoms with van der Waals surface area (Å²) < 4.78 is 16.3. The molecule has 2 aromatic heterocycles. The smallest absolute Gasteiger partial charge is 0.141 e. The molecule has 14 heavy (non-hydrogen) atoms. The Balaban J connectivity index is 2.39. The molecule has 0 fully saturated rings. The van der Waals surface area contributed by atoms with E-state index in [4.69, 9.17) is 0 Å². The van der Waals surface area contributed by atoms with Crippen molar-refractivity contribution in [2.24, 2.45) is 0 Å². The first-order valence-electron chi connectivity index (χ1n) is 3.91. The predicted molar refractivity (Wildman–Crippen MR) is 53.6 cm³/mol. The van der Waals surface area contributed by atoms with Crippen molar-refractivity contribution in [1.29, 1.82) is 0 Å². The van der Waals surface area contributed by atoms with Crippen LogP contribution < -0.4 is 0 Å².